The zero-order valence-electron chi connectivity index (χ0n) is 5.52. The highest BCUT2D eigenvalue weighted by molar-refractivity contribution is 5.87. The third kappa shape index (κ3) is 1.63. The van der Waals surface area contributed by atoms with E-state index in [4.69, 9.17) is 0 Å². The van der Waals surface area contributed by atoms with Gasteiger partial charge in [-0.3, -0.25) is 4.99 Å². The summed E-state index contributed by atoms with van der Waals surface area (Å²) in [5, 5.41) is 0. The summed E-state index contributed by atoms with van der Waals surface area (Å²) >= 11 is 0. The molecular weight excluding hydrogens is 117 g/mol. The molecule has 50 valence electrons. The molecule has 0 saturated heterocycles. The molecule has 0 N–H and O–H groups in total. The standard InChI is InChI=1S/C7H10FN/c1-6-3-2-4-7(5-8)9-6/h3H,2,4-5H2,1H3. The molecule has 0 unspecified atom stereocenters. The lowest BCUT2D eigenvalue weighted by molar-refractivity contribution is 0.574. The second-order valence-corrected chi connectivity index (χ2v) is 2.20. The summed E-state index contributed by atoms with van der Waals surface area (Å²) in [5.41, 5.74) is 1.64. The number of halogens is 1. The van der Waals surface area contributed by atoms with Crippen molar-refractivity contribution in [3.05, 3.63) is 11.8 Å². The molecule has 0 fully saturated rings. The van der Waals surface area contributed by atoms with Gasteiger partial charge in [-0.25, -0.2) is 4.39 Å². The lowest BCUT2D eigenvalue weighted by Gasteiger charge is -2.05. The van der Waals surface area contributed by atoms with Gasteiger partial charge in [-0.1, -0.05) is 6.08 Å². The van der Waals surface area contributed by atoms with Gasteiger partial charge in [0, 0.05) is 11.4 Å². The molecule has 9 heavy (non-hydrogen) atoms. The molecule has 1 heterocycles. The maximum atomic E-state index is 11.9. The van der Waals surface area contributed by atoms with E-state index in [1.54, 1.807) is 0 Å². The van der Waals surface area contributed by atoms with Crippen molar-refractivity contribution in [1.82, 2.24) is 0 Å². The molecule has 0 aromatic carbocycles. The quantitative estimate of drug-likeness (QED) is 0.511. The summed E-state index contributed by atoms with van der Waals surface area (Å²) in [6.07, 6.45) is 3.78. The number of hydrogen-bond donors (Lipinski definition) is 0. The van der Waals surface area contributed by atoms with Crippen LogP contribution in [0.2, 0.25) is 0 Å². The molecule has 1 nitrogen and oxygen atoms in total. The molecular formula is C7H10FN. The van der Waals surface area contributed by atoms with Gasteiger partial charge in [0.25, 0.3) is 0 Å². The SMILES string of the molecule is CC1=CCCC(CF)=N1. The first kappa shape index (κ1) is 6.46. The summed E-state index contributed by atoms with van der Waals surface area (Å²) < 4.78 is 11.9. The number of nitrogens with zero attached hydrogens (tertiary/aromatic N) is 1. The number of hydrogen-bond acceptors (Lipinski definition) is 1. The molecule has 0 atom stereocenters. The van der Waals surface area contributed by atoms with Crippen LogP contribution in [0.1, 0.15) is 19.8 Å². The first-order valence-corrected chi connectivity index (χ1v) is 3.12. The van der Waals surface area contributed by atoms with Gasteiger partial charge in [0.15, 0.2) is 0 Å². The Bertz CT molecular complexity index is 158. The van der Waals surface area contributed by atoms with Crippen LogP contribution in [0.15, 0.2) is 16.8 Å². The van der Waals surface area contributed by atoms with Gasteiger partial charge in [0.1, 0.15) is 6.67 Å². The fourth-order valence-electron chi connectivity index (χ4n) is 0.895. The van der Waals surface area contributed by atoms with E-state index in [9.17, 15) is 4.39 Å². The van der Waals surface area contributed by atoms with Crippen LogP contribution in [0.5, 0.6) is 0 Å². The van der Waals surface area contributed by atoms with Crippen molar-refractivity contribution >= 4 is 5.71 Å². The topological polar surface area (TPSA) is 12.4 Å². The van der Waals surface area contributed by atoms with Crippen LogP contribution in [0.4, 0.5) is 4.39 Å². The minimum absolute atomic E-state index is 0.384. The summed E-state index contributed by atoms with van der Waals surface area (Å²) in [5.74, 6) is 0. The Balaban J connectivity index is 2.63. The molecule has 1 rings (SSSR count). The first-order chi connectivity index (χ1) is 4.33. The predicted molar refractivity (Wildman–Crippen MR) is 36.4 cm³/mol. The van der Waals surface area contributed by atoms with Crippen molar-refractivity contribution in [2.75, 3.05) is 6.67 Å². The van der Waals surface area contributed by atoms with E-state index < -0.39 is 0 Å². The van der Waals surface area contributed by atoms with Gasteiger partial charge in [0.05, 0.1) is 0 Å². The molecule has 0 bridgehead atoms. The van der Waals surface area contributed by atoms with Crippen LogP contribution in [0.3, 0.4) is 0 Å². The third-order valence-corrected chi connectivity index (χ3v) is 1.36. The Kier molecular flexibility index (Phi) is 1.98. The molecule has 0 aromatic rings. The van der Waals surface area contributed by atoms with E-state index in [1.807, 2.05) is 13.0 Å². The summed E-state index contributed by atoms with van der Waals surface area (Å²) in [4.78, 5) is 4.00. The van der Waals surface area contributed by atoms with Gasteiger partial charge in [-0.2, -0.15) is 0 Å². The van der Waals surface area contributed by atoms with Crippen LogP contribution in [-0.4, -0.2) is 12.4 Å². The maximum Gasteiger partial charge on any atom is 0.128 e. The Morgan fingerprint density at radius 2 is 2.56 bits per heavy atom. The normalized spacial score (nSPS) is 18.9. The highest BCUT2D eigenvalue weighted by atomic mass is 19.1. The fourth-order valence-corrected chi connectivity index (χ4v) is 0.895. The number of aliphatic imine (C=N–C) groups is 1. The van der Waals surface area contributed by atoms with Gasteiger partial charge in [0.2, 0.25) is 0 Å². The van der Waals surface area contributed by atoms with Crippen LogP contribution < -0.4 is 0 Å². The van der Waals surface area contributed by atoms with Crippen molar-refractivity contribution in [3.8, 4) is 0 Å². The minimum Gasteiger partial charge on any atom is -0.260 e. The Hall–Kier alpha value is -0.660. The Morgan fingerprint density at radius 1 is 1.78 bits per heavy atom. The van der Waals surface area contributed by atoms with E-state index in [1.165, 1.54) is 0 Å². The molecule has 2 heteroatoms. The largest absolute Gasteiger partial charge is 0.260 e. The monoisotopic (exact) mass is 127 g/mol. The molecule has 1 aliphatic heterocycles. The second-order valence-electron chi connectivity index (χ2n) is 2.20. The van der Waals surface area contributed by atoms with E-state index in [-0.39, 0.29) is 6.67 Å². The third-order valence-electron chi connectivity index (χ3n) is 1.36. The zero-order chi connectivity index (χ0) is 6.69. The smallest absolute Gasteiger partial charge is 0.128 e. The van der Waals surface area contributed by atoms with E-state index in [2.05, 4.69) is 4.99 Å². The van der Waals surface area contributed by atoms with E-state index in [0.29, 0.717) is 5.71 Å². The predicted octanol–water partition coefficient (Wildman–Crippen LogP) is 2.09. The molecule has 1 aliphatic rings. The zero-order valence-corrected chi connectivity index (χ0v) is 5.52. The van der Waals surface area contributed by atoms with Gasteiger partial charge in [-0.15, -0.1) is 0 Å². The summed E-state index contributed by atoms with van der Waals surface area (Å²) in [6.45, 7) is 1.51. The van der Waals surface area contributed by atoms with Crippen molar-refractivity contribution in [2.24, 2.45) is 4.99 Å². The summed E-state index contributed by atoms with van der Waals surface area (Å²) in [6, 6.07) is 0. The average Bonchev–Trinajstić information content (AvgIpc) is 1.88. The van der Waals surface area contributed by atoms with Gasteiger partial charge < -0.3 is 0 Å². The molecule has 0 aliphatic carbocycles. The second kappa shape index (κ2) is 2.76. The molecule has 0 spiro atoms. The molecule has 0 saturated carbocycles. The van der Waals surface area contributed by atoms with E-state index in [0.717, 1.165) is 18.5 Å². The van der Waals surface area contributed by atoms with Crippen LogP contribution >= 0.6 is 0 Å². The van der Waals surface area contributed by atoms with Crippen LogP contribution in [0, 0.1) is 0 Å². The lowest BCUT2D eigenvalue weighted by atomic mass is 10.1. The highest BCUT2D eigenvalue weighted by Crippen LogP contribution is 2.09. The minimum atomic E-state index is -0.384. The summed E-state index contributed by atoms with van der Waals surface area (Å²) in [7, 11) is 0. The lowest BCUT2D eigenvalue weighted by Crippen LogP contribution is -2.03. The molecule has 0 amide bonds. The van der Waals surface area contributed by atoms with Crippen molar-refractivity contribution in [3.63, 3.8) is 0 Å². The van der Waals surface area contributed by atoms with Crippen LogP contribution in [-0.2, 0) is 0 Å². The maximum absolute atomic E-state index is 11.9. The van der Waals surface area contributed by atoms with Crippen molar-refractivity contribution in [2.45, 2.75) is 19.8 Å². The van der Waals surface area contributed by atoms with Crippen molar-refractivity contribution in [1.29, 1.82) is 0 Å². The molecule has 0 aromatic heterocycles. The number of rotatable bonds is 1. The Morgan fingerprint density at radius 3 is 3.00 bits per heavy atom. The van der Waals surface area contributed by atoms with E-state index >= 15 is 0 Å². The fraction of sp³-hybridized carbons (Fsp3) is 0.571. The number of allylic oxidation sites excluding steroid dienone is 2. The first-order valence-electron chi connectivity index (χ1n) is 3.12. The average molecular weight is 127 g/mol. The Labute approximate surface area is 54.3 Å². The van der Waals surface area contributed by atoms with Gasteiger partial charge >= 0.3 is 0 Å². The number of alkyl halides is 1. The van der Waals surface area contributed by atoms with Crippen LogP contribution in [0.25, 0.3) is 0 Å². The molecule has 0 radical (unpaired) electrons. The van der Waals surface area contributed by atoms with Crippen molar-refractivity contribution < 1.29 is 4.39 Å². The van der Waals surface area contributed by atoms with Gasteiger partial charge in [-0.05, 0) is 19.8 Å². The highest BCUT2D eigenvalue weighted by Gasteiger charge is 2.02.